The molecule has 3 heteroatoms. The second-order valence-electron chi connectivity index (χ2n) is 4.08. The molecule has 0 N–H and O–H groups in total. The van der Waals surface area contributed by atoms with Crippen LogP contribution in [0, 0.1) is 13.8 Å². The number of allylic oxidation sites excluding steroid dienone is 2. The van der Waals surface area contributed by atoms with Gasteiger partial charge in [-0.3, -0.25) is 0 Å². The van der Waals surface area contributed by atoms with Crippen LogP contribution in [-0.2, 0) is 9.53 Å². The van der Waals surface area contributed by atoms with Crippen molar-refractivity contribution in [3.05, 3.63) is 47.1 Å². The first kappa shape index (κ1) is 15.0. The van der Waals surface area contributed by atoms with E-state index in [1.54, 1.807) is 20.1 Å². The summed E-state index contributed by atoms with van der Waals surface area (Å²) in [6, 6.07) is 3.94. The summed E-state index contributed by atoms with van der Waals surface area (Å²) < 4.78 is 10.1. The van der Waals surface area contributed by atoms with Crippen LogP contribution in [0.2, 0.25) is 0 Å². The van der Waals surface area contributed by atoms with Crippen molar-refractivity contribution in [1.29, 1.82) is 0 Å². The molecule has 3 nitrogen and oxygen atoms in total. The maximum Gasteiger partial charge on any atom is 0.330 e. The van der Waals surface area contributed by atoms with Crippen LogP contribution in [0.15, 0.2) is 30.4 Å². The largest absolute Gasteiger partial charge is 0.496 e. The first-order valence-electron chi connectivity index (χ1n) is 6.25. The first-order valence-corrected chi connectivity index (χ1v) is 6.25. The summed E-state index contributed by atoms with van der Waals surface area (Å²) in [7, 11) is 1.67. The third-order valence-corrected chi connectivity index (χ3v) is 2.91. The van der Waals surface area contributed by atoms with Gasteiger partial charge in [0.15, 0.2) is 0 Å². The van der Waals surface area contributed by atoms with Gasteiger partial charge in [-0.25, -0.2) is 4.79 Å². The monoisotopic (exact) mass is 260 g/mol. The predicted octanol–water partition coefficient (Wildman–Crippen LogP) is 3.44. The number of rotatable bonds is 5. The molecule has 0 fully saturated rings. The number of esters is 1. The lowest BCUT2D eigenvalue weighted by Crippen LogP contribution is -1.98. The molecule has 0 aromatic heterocycles. The molecule has 0 radical (unpaired) electrons. The number of hydrogen-bond acceptors (Lipinski definition) is 3. The maximum absolute atomic E-state index is 11.1. The minimum atomic E-state index is -0.324. The molecule has 0 heterocycles. The smallest absolute Gasteiger partial charge is 0.330 e. The van der Waals surface area contributed by atoms with Crippen LogP contribution in [0.1, 0.15) is 23.6 Å². The van der Waals surface area contributed by atoms with Crippen molar-refractivity contribution < 1.29 is 14.3 Å². The summed E-state index contributed by atoms with van der Waals surface area (Å²) in [5.41, 5.74) is 3.39. The van der Waals surface area contributed by atoms with Crippen molar-refractivity contribution >= 4 is 12.0 Å². The summed E-state index contributed by atoms with van der Waals surface area (Å²) in [6.07, 6.45) is 6.87. The zero-order chi connectivity index (χ0) is 14.3. The zero-order valence-electron chi connectivity index (χ0n) is 11.9. The number of carbonyl (C=O) groups is 1. The predicted molar refractivity (Wildman–Crippen MR) is 77.3 cm³/mol. The van der Waals surface area contributed by atoms with Gasteiger partial charge in [0.2, 0.25) is 0 Å². The molecule has 19 heavy (non-hydrogen) atoms. The SMILES string of the molecule is CCOC(=O)/C=C/C=C/c1ccc(OC)c(C)c1C. The molecule has 1 aromatic carbocycles. The van der Waals surface area contributed by atoms with Crippen molar-refractivity contribution in [3.8, 4) is 5.75 Å². The number of ether oxygens (including phenoxy) is 2. The molecular formula is C16H20O3. The molecule has 1 aromatic rings. The third kappa shape index (κ3) is 4.28. The first-order chi connectivity index (χ1) is 9.10. The Kier molecular flexibility index (Phi) is 5.86. The lowest BCUT2D eigenvalue weighted by atomic mass is 10.0. The van der Waals surface area contributed by atoms with Crippen LogP contribution in [0.4, 0.5) is 0 Å². The van der Waals surface area contributed by atoms with E-state index >= 15 is 0 Å². The summed E-state index contributed by atoms with van der Waals surface area (Å²) in [4.78, 5) is 11.1. The molecule has 0 spiro atoms. The minimum absolute atomic E-state index is 0.324. The molecule has 1 rings (SSSR count). The Morgan fingerprint density at radius 1 is 1.21 bits per heavy atom. The highest BCUT2D eigenvalue weighted by Gasteiger charge is 2.03. The summed E-state index contributed by atoms with van der Waals surface area (Å²) in [5, 5.41) is 0. The van der Waals surface area contributed by atoms with Gasteiger partial charge < -0.3 is 9.47 Å². The normalized spacial score (nSPS) is 11.2. The molecule has 0 atom stereocenters. The van der Waals surface area contributed by atoms with Crippen molar-refractivity contribution in [2.45, 2.75) is 20.8 Å². The Balaban J connectivity index is 2.78. The molecule has 0 aliphatic rings. The second kappa shape index (κ2) is 7.41. The van der Waals surface area contributed by atoms with Crippen LogP contribution >= 0.6 is 0 Å². The summed E-state index contributed by atoms with van der Waals surface area (Å²) in [5.74, 6) is 0.562. The van der Waals surface area contributed by atoms with Gasteiger partial charge in [0, 0.05) is 6.08 Å². The van der Waals surface area contributed by atoms with Crippen LogP contribution in [0.3, 0.4) is 0 Å². The quantitative estimate of drug-likeness (QED) is 0.462. The molecule has 0 amide bonds. The maximum atomic E-state index is 11.1. The van der Waals surface area contributed by atoms with Crippen LogP contribution in [0.25, 0.3) is 6.08 Å². The molecular weight excluding hydrogens is 240 g/mol. The second-order valence-corrected chi connectivity index (χ2v) is 4.08. The molecule has 0 aliphatic heterocycles. The Hall–Kier alpha value is -2.03. The molecule has 102 valence electrons. The van der Waals surface area contributed by atoms with Gasteiger partial charge in [-0.1, -0.05) is 24.3 Å². The van der Waals surface area contributed by atoms with Gasteiger partial charge in [-0.05, 0) is 43.5 Å². The standard InChI is InChI=1S/C16H20O3/c1-5-19-16(17)9-7-6-8-14-10-11-15(18-4)13(3)12(14)2/h6-11H,5H2,1-4H3/b8-6+,9-7+. The van der Waals surface area contributed by atoms with E-state index < -0.39 is 0 Å². The van der Waals surface area contributed by atoms with Crippen LogP contribution < -0.4 is 4.74 Å². The molecule has 0 saturated heterocycles. The van der Waals surface area contributed by atoms with Gasteiger partial charge in [0.25, 0.3) is 0 Å². The van der Waals surface area contributed by atoms with Gasteiger partial charge in [0.1, 0.15) is 5.75 Å². The van der Waals surface area contributed by atoms with Crippen LogP contribution in [0.5, 0.6) is 5.75 Å². The highest BCUT2D eigenvalue weighted by atomic mass is 16.5. The summed E-state index contributed by atoms with van der Waals surface area (Å²) in [6.45, 7) is 6.25. The Labute approximate surface area is 114 Å². The Morgan fingerprint density at radius 3 is 2.58 bits per heavy atom. The Bertz CT molecular complexity index is 499. The molecule has 0 saturated carbocycles. The molecule has 0 aliphatic carbocycles. The highest BCUT2D eigenvalue weighted by molar-refractivity contribution is 5.82. The van der Waals surface area contributed by atoms with Gasteiger partial charge in [-0.2, -0.15) is 0 Å². The fourth-order valence-electron chi connectivity index (χ4n) is 1.70. The summed E-state index contributed by atoms with van der Waals surface area (Å²) >= 11 is 0. The average molecular weight is 260 g/mol. The number of benzene rings is 1. The average Bonchev–Trinajstić information content (AvgIpc) is 2.40. The van der Waals surface area contributed by atoms with Gasteiger partial charge in [0.05, 0.1) is 13.7 Å². The number of methoxy groups -OCH3 is 1. The lowest BCUT2D eigenvalue weighted by Gasteiger charge is -2.09. The zero-order valence-corrected chi connectivity index (χ0v) is 11.9. The fourth-order valence-corrected chi connectivity index (χ4v) is 1.70. The van der Waals surface area contributed by atoms with E-state index in [9.17, 15) is 4.79 Å². The van der Waals surface area contributed by atoms with Crippen LogP contribution in [-0.4, -0.2) is 19.7 Å². The number of carbonyl (C=O) groups excluding carboxylic acids is 1. The third-order valence-electron chi connectivity index (χ3n) is 2.91. The van der Waals surface area contributed by atoms with E-state index in [0.29, 0.717) is 6.61 Å². The lowest BCUT2D eigenvalue weighted by molar-refractivity contribution is -0.137. The van der Waals surface area contributed by atoms with E-state index in [2.05, 4.69) is 0 Å². The van der Waals surface area contributed by atoms with E-state index in [0.717, 1.165) is 16.9 Å². The van der Waals surface area contributed by atoms with Gasteiger partial charge >= 0.3 is 5.97 Å². The Morgan fingerprint density at radius 2 is 1.95 bits per heavy atom. The van der Waals surface area contributed by atoms with E-state index in [-0.39, 0.29) is 5.97 Å². The number of hydrogen-bond donors (Lipinski definition) is 0. The van der Waals surface area contributed by atoms with Crippen molar-refractivity contribution in [2.75, 3.05) is 13.7 Å². The molecule has 0 bridgehead atoms. The van der Waals surface area contributed by atoms with Crippen molar-refractivity contribution in [1.82, 2.24) is 0 Å². The highest BCUT2D eigenvalue weighted by Crippen LogP contribution is 2.24. The van der Waals surface area contributed by atoms with Crippen molar-refractivity contribution in [3.63, 3.8) is 0 Å². The van der Waals surface area contributed by atoms with Crippen molar-refractivity contribution in [2.24, 2.45) is 0 Å². The van der Waals surface area contributed by atoms with Gasteiger partial charge in [-0.15, -0.1) is 0 Å². The minimum Gasteiger partial charge on any atom is -0.496 e. The van der Waals surface area contributed by atoms with E-state index in [1.807, 2.05) is 38.1 Å². The van der Waals surface area contributed by atoms with E-state index in [1.165, 1.54) is 11.6 Å². The molecule has 0 unspecified atom stereocenters. The topological polar surface area (TPSA) is 35.5 Å². The van der Waals surface area contributed by atoms with E-state index in [4.69, 9.17) is 9.47 Å². The fraction of sp³-hybridized carbons (Fsp3) is 0.312.